The van der Waals surface area contributed by atoms with Gasteiger partial charge in [-0.15, -0.1) is 0 Å². The number of fused-ring (bicyclic) bond motifs is 6. The van der Waals surface area contributed by atoms with E-state index < -0.39 is 24.3 Å². The first-order chi connectivity index (χ1) is 31.5. The Morgan fingerprint density at radius 1 is 0.846 bits per heavy atom. The van der Waals surface area contributed by atoms with Crippen LogP contribution in [0.2, 0.25) is 0 Å². The molecule has 0 aliphatic carbocycles. The number of ether oxygens (including phenoxy) is 4. The molecule has 7 atom stereocenters. The lowest BCUT2D eigenvalue weighted by Crippen LogP contribution is -2.54. The molecule has 3 saturated heterocycles. The van der Waals surface area contributed by atoms with Gasteiger partial charge in [-0.2, -0.15) is 0 Å². The molecule has 0 bridgehead atoms. The van der Waals surface area contributed by atoms with E-state index in [2.05, 4.69) is 63.9 Å². The summed E-state index contributed by atoms with van der Waals surface area (Å²) in [5.41, 5.74) is 6.61. The maximum absolute atomic E-state index is 14.5. The van der Waals surface area contributed by atoms with Gasteiger partial charge in [-0.25, -0.2) is 19.6 Å². The lowest BCUT2D eigenvalue weighted by atomic mass is 9.90. The molecular weight excluding hydrogens is 829 g/mol. The van der Waals surface area contributed by atoms with Gasteiger partial charge in [0.05, 0.1) is 49.2 Å². The Bertz CT molecular complexity index is 2600. The standard InChI is InChI=1S/C49H60N8O8/c1-7-26(3)41(54-48(60)62-5)46(58)56-27(4)9-15-38(56)44-50-24-37(52-44)30-10-13-33-31(21-30)25-65-40-23-34-29(22-35(33)40)11-14-36-43(34)53-45(51-36)39-16-12-32(8-2)57(39)47(59)42(55-49(61)63-6)28-17-19-64-20-18-28/h10-11,13-14,21-24,26-28,32,38-39,41-42H,7-9,12,15-20,25H2,1-6H3,(H,50,52)(H,51,53)(H,54,60)(H,55,61)/t26-,27-,32-,38-,39-,41-,42?/m0/s1. The zero-order valence-electron chi connectivity index (χ0n) is 38.1. The molecule has 4 N–H and O–H groups in total. The van der Waals surface area contributed by atoms with E-state index in [0.717, 1.165) is 99.9 Å². The molecule has 344 valence electrons. The fraction of sp³-hybridized carbons (Fsp3) is 0.510. The van der Waals surface area contributed by atoms with Crippen molar-refractivity contribution in [3.8, 4) is 28.1 Å². The molecule has 16 nitrogen and oxygen atoms in total. The number of alkyl carbamates (subject to hydrolysis) is 2. The van der Waals surface area contributed by atoms with E-state index in [1.165, 1.54) is 14.2 Å². The van der Waals surface area contributed by atoms with E-state index in [1.54, 1.807) is 0 Å². The molecule has 0 radical (unpaired) electrons. The predicted octanol–water partition coefficient (Wildman–Crippen LogP) is 8.08. The largest absolute Gasteiger partial charge is 0.488 e. The van der Waals surface area contributed by atoms with Crippen LogP contribution in [0.3, 0.4) is 0 Å². The third-order valence-electron chi connectivity index (χ3n) is 14.5. The van der Waals surface area contributed by atoms with E-state index in [4.69, 9.17) is 28.9 Å². The van der Waals surface area contributed by atoms with Crippen molar-refractivity contribution in [3.05, 3.63) is 65.9 Å². The van der Waals surface area contributed by atoms with Crippen molar-refractivity contribution in [3.63, 3.8) is 0 Å². The molecular formula is C49H60N8O8. The second-order valence-electron chi connectivity index (χ2n) is 18.1. The van der Waals surface area contributed by atoms with Gasteiger partial charge in [-0.1, -0.05) is 45.4 Å². The summed E-state index contributed by atoms with van der Waals surface area (Å²) in [4.78, 5) is 74.3. The monoisotopic (exact) mass is 888 g/mol. The van der Waals surface area contributed by atoms with E-state index >= 15 is 0 Å². The zero-order chi connectivity index (χ0) is 45.5. The molecule has 0 saturated carbocycles. The van der Waals surface area contributed by atoms with Gasteiger partial charge in [0.2, 0.25) is 11.8 Å². The highest BCUT2D eigenvalue weighted by Gasteiger charge is 2.45. The first-order valence-electron chi connectivity index (χ1n) is 23.2. The number of amides is 4. The van der Waals surface area contributed by atoms with Crippen LogP contribution in [0.25, 0.3) is 44.2 Å². The van der Waals surface area contributed by atoms with Crippen LogP contribution in [0.15, 0.2) is 48.7 Å². The van der Waals surface area contributed by atoms with Gasteiger partial charge >= 0.3 is 12.2 Å². The highest BCUT2D eigenvalue weighted by atomic mass is 16.5. The van der Waals surface area contributed by atoms with Gasteiger partial charge in [0, 0.05) is 36.2 Å². The SMILES string of the molecule is CC[C@H]1CC[C@@H](c2nc3c(ccc4cc5c(cc43)OCc3cc(-c4cnc([C@@H]6CC[C@H](C)N6C(=O)[C@@H](NC(=O)OC)[C@@H](C)CC)[nH]4)ccc3-5)[nH]2)N1C(=O)C(NC(=O)OC)C1CCOCC1. The number of imidazole rings is 2. The van der Waals surface area contributed by atoms with Crippen LogP contribution in [0, 0.1) is 11.8 Å². The highest BCUT2D eigenvalue weighted by Crippen LogP contribution is 2.44. The fourth-order valence-corrected chi connectivity index (χ4v) is 10.6. The first kappa shape index (κ1) is 44.1. The van der Waals surface area contributed by atoms with Gasteiger partial charge in [-0.3, -0.25) is 9.59 Å². The number of hydrogen-bond donors (Lipinski definition) is 4. The van der Waals surface area contributed by atoms with Crippen molar-refractivity contribution in [1.29, 1.82) is 0 Å². The number of aromatic nitrogens is 4. The number of likely N-dealkylation sites (tertiary alicyclic amines) is 2. The van der Waals surface area contributed by atoms with Crippen molar-refractivity contribution < 1.29 is 38.1 Å². The van der Waals surface area contributed by atoms with Crippen LogP contribution in [-0.2, 0) is 30.4 Å². The lowest BCUT2D eigenvalue weighted by molar-refractivity contribution is -0.139. The summed E-state index contributed by atoms with van der Waals surface area (Å²) >= 11 is 0. The topological polar surface area (TPSA) is 193 Å². The number of carbonyl (C=O) groups excluding carboxylic acids is 4. The molecule has 9 rings (SSSR count). The molecule has 0 spiro atoms. The number of nitrogens with zero attached hydrogens (tertiary/aromatic N) is 4. The van der Waals surface area contributed by atoms with Crippen LogP contribution in [0.1, 0.15) is 108 Å². The van der Waals surface area contributed by atoms with E-state index in [0.29, 0.717) is 38.5 Å². The molecule has 4 amide bonds. The van der Waals surface area contributed by atoms with Crippen LogP contribution < -0.4 is 15.4 Å². The molecule has 65 heavy (non-hydrogen) atoms. The van der Waals surface area contributed by atoms with Crippen molar-refractivity contribution in [1.82, 2.24) is 40.4 Å². The lowest BCUT2D eigenvalue weighted by Gasteiger charge is -2.36. The Morgan fingerprint density at radius 2 is 1.60 bits per heavy atom. The minimum Gasteiger partial charge on any atom is -0.488 e. The molecule has 16 heteroatoms. The summed E-state index contributed by atoms with van der Waals surface area (Å²) in [7, 11) is 2.62. The number of carbonyl (C=O) groups is 4. The van der Waals surface area contributed by atoms with E-state index in [-0.39, 0.29) is 47.8 Å². The van der Waals surface area contributed by atoms with Gasteiger partial charge in [-0.05, 0) is 110 Å². The number of hydrogen-bond acceptors (Lipinski definition) is 10. The average molecular weight is 889 g/mol. The average Bonchev–Trinajstić information content (AvgIpc) is 4.17. The molecule has 4 aliphatic heterocycles. The highest BCUT2D eigenvalue weighted by molar-refractivity contribution is 6.07. The molecule has 3 aromatic carbocycles. The van der Waals surface area contributed by atoms with Gasteiger partial charge in [0.15, 0.2) is 0 Å². The van der Waals surface area contributed by atoms with Crippen molar-refractivity contribution in [2.45, 2.75) is 122 Å². The van der Waals surface area contributed by atoms with E-state index in [9.17, 15) is 19.2 Å². The maximum atomic E-state index is 14.5. The predicted molar refractivity (Wildman–Crippen MR) is 244 cm³/mol. The van der Waals surface area contributed by atoms with Crippen molar-refractivity contribution in [2.75, 3.05) is 27.4 Å². The van der Waals surface area contributed by atoms with Gasteiger partial charge in [0.25, 0.3) is 0 Å². The molecule has 3 fully saturated rings. The molecule has 5 aromatic rings. The summed E-state index contributed by atoms with van der Waals surface area (Å²) in [6.07, 6.45) is 6.62. The normalized spacial score (nSPS) is 22.2. The Hall–Kier alpha value is -6.16. The van der Waals surface area contributed by atoms with Crippen molar-refractivity contribution in [2.24, 2.45) is 11.8 Å². The summed E-state index contributed by atoms with van der Waals surface area (Å²) in [6, 6.07) is 12.8. The quantitative estimate of drug-likeness (QED) is 0.101. The summed E-state index contributed by atoms with van der Waals surface area (Å²) in [5.74, 6) is 1.83. The number of benzene rings is 3. The Labute approximate surface area is 378 Å². The minimum absolute atomic E-state index is 0.0123. The van der Waals surface area contributed by atoms with Gasteiger partial charge in [0.1, 0.15) is 36.1 Å². The van der Waals surface area contributed by atoms with Crippen LogP contribution in [0.4, 0.5) is 9.59 Å². The van der Waals surface area contributed by atoms with E-state index in [1.807, 2.05) is 42.8 Å². The number of nitrogens with one attached hydrogen (secondary N) is 4. The third-order valence-corrected chi connectivity index (χ3v) is 14.5. The summed E-state index contributed by atoms with van der Waals surface area (Å²) in [5, 5.41) is 7.63. The minimum atomic E-state index is -0.721. The maximum Gasteiger partial charge on any atom is 0.407 e. The fourth-order valence-electron chi connectivity index (χ4n) is 10.6. The Kier molecular flexibility index (Phi) is 12.5. The number of aromatic amines is 2. The second-order valence-corrected chi connectivity index (χ2v) is 18.1. The molecule has 4 aliphatic rings. The molecule has 2 aromatic heterocycles. The second kappa shape index (κ2) is 18.4. The van der Waals surface area contributed by atoms with Gasteiger partial charge < -0.3 is 49.3 Å². The number of rotatable bonds is 11. The third kappa shape index (κ3) is 8.25. The zero-order valence-corrected chi connectivity index (χ0v) is 38.1. The van der Waals surface area contributed by atoms with Crippen molar-refractivity contribution >= 4 is 45.8 Å². The molecule has 6 heterocycles. The summed E-state index contributed by atoms with van der Waals surface area (Å²) < 4.78 is 21.9. The van der Waals surface area contributed by atoms with Crippen LogP contribution >= 0.6 is 0 Å². The Balaban J connectivity index is 0.969. The van der Waals surface area contributed by atoms with Crippen LogP contribution in [-0.4, -0.2) is 105 Å². The first-order valence-corrected chi connectivity index (χ1v) is 23.2. The Morgan fingerprint density at radius 3 is 2.35 bits per heavy atom. The summed E-state index contributed by atoms with van der Waals surface area (Å²) in [6.45, 7) is 9.58. The molecule has 1 unspecified atom stereocenters. The van der Waals surface area contributed by atoms with Crippen LogP contribution in [0.5, 0.6) is 5.75 Å². The number of methoxy groups -OCH3 is 2. The smallest absolute Gasteiger partial charge is 0.407 e. The number of H-pyrrole nitrogens is 2.